The Morgan fingerprint density at radius 3 is 2.74 bits per heavy atom. The maximum Gasteiger partial charge on any atom is 0.227 e. The van der Waals surface area contributed by atoms with Gasteiger partial charge in [-0.3, -0.25) is 4.79 Å². The standard InChI is InChI=1S/C22H28FN3O/c1-16-14-24-21(26(16)15-18-4-5-18)11-10-20-3-2-12-25(20)22(27)13-17-6-8-19(23)9-7-17/h6-9,14,18,20H,2-5,10-13,15H2,1H3. The average molecular weight is 369 g/mol. The number of amides is 1. The zero-order chi connectivity index (χ0) is 18.8. The molecule has 1 amide bonds. The highest BCUT2D eigenvalue weighted by molar-refractivity contribution is 5.79. The number of likely N-dealkylation sites (tertiary alicyclic amines) is 1. The molecule has 2 fully saturated rings. The van der Waals surface area contributed by atoms with Crippen LogP contribution in [0, 0.1) is 18.7 Å². The summed E-state index contributed by atoms with van der Waals surface area (Å²) in [5, 5.41) is 0. The summed E-state index contributed by atoms with van der Waals surface area (Å²) in [6.45, 7) is 4.06. The SMILES string of the molecule is Cc1cnc(CCC2CCCN2C(=O)Cc2ccc(F)cc2)n1CC1CC1. The van der Waals surface area contributed by atoms with E-state index in [-0.39, 0.29) is 11.7 Å². The summed E-state index contributed by atoms with van der Waals surface area (Å²) in [5.74, 6) is 1.89. The van der Waals surface area contributed by atoms with E-state index < -0.39 is 0 Å². The van der Waals surface area contributed by atoms with Crippen LogP contribution in [0.1, 0.15) is 49.2 Å². The van der Waals surface area contributed by atoms with E-state index in [0.717, 1.165) is 56.1 Å². The van der Waals surface area contributed by atoms with Crippen molar-refractivity contribution >= 4 is 5.91 Å². The van der Waals surface area contributed by atoms with Gasteiger partial charge in [0.2, 0.25) is 5.91 Å². The summed E-state index contributed by atoms with van der Waals surface area (Å²) < 4.78 is 15.4. The largest absolute Gasteiger partial charge is 0.339 e. The van der Waals surface area contributed by atoms with Crippen molar-refractivity contribution in [3.63, 3.8) is 0 Å². The number of carbonyl (C=O) groups is 1. The van der Waals surface area contributed by atoms with Gasteiger partial charge in [0.15, 0.2) is 0 Å². The number of aryl methyl sites for hydroxylation is 2. The molecule has 5 heteroatoms. The van der Waals surface area contributed by atoms with Gasteiger partial charge >= 0.3 is 0 Å². The molecule has 1 atom stereocenters. The second-order valence-electron chi connectivity index (χ2n) is 8.09. The first kappa shape index (κ1) is 18.2. The lowest BCUT2D eigenvalue weighted by atomic mass is 10.1. The quantitative estimate of drug-likeness (QED) is 0.742. The van der Waals surface area contributed by atoms with E-state index in [1.165, 1.54) is 30.7 Å². The smallest absolute Gasteiger partial charge is 0.227 e. The lowest BCUT2D eigenvalue weighted by Crippen LogP contribution is -2.37. The molecule has 1 aromatic carbocycles. The number of rotatable bonds is 7. The minimum absolute atomic E-state index is 0.154. The molecule has 1 saturated carbocycles. The maximum absolute atomic E-state index is 13.1. The zero-order valence-corrected chi connectivity index (χ0v) is 16.0. The number of benzene rings is 1. The molecule has 4 rings (SSSR count). The fraction of sp³-hybridized carbons (Fsp3) is 0.545. The Labute approximate surface area is 160 Å². The van der Waals surface area contributed by atoms with Crippen LogP contribution in [0.5, 0.6) is 0 Å². The predicted octanol–water partition coefficient (Wildman–Crippen LogP) is 3.91. The van der Waals surface area contributed by atoms with Crippen LogP contribution in [-0.2, 0) is 24.2 Å². The molecule has 4 nitrogen and oxygen atoms in total. The van der Waals surface area contributed by atoms with Crippen LogP contribution >= 0.6 is 0 Å². The highest BCUT2D eigenvalue weighted by atomic mass is 19.1. The maximum atomic E-state index is 13.1. The van der Waals surface area contributed by atoms with E-state index in [0.29, 0.717) is 12.5 Å². The summed E-state index contributed by atoms with van der Waals surface area (Å²) in [4.78, 5) is 19.4. The molecule has 2 aromatic rings. The minimum atomic E-state index is -0.262. The number of halogens is 1. The van der Waals surface area contributed by atoms with Gasteiger partial charge in [0, 0.05) is 37.4 Å². The van der Waals surface area contributed by atoms with Gasteiger partial charge in [0.1, 0.15) is 11.6 Å². The van der Waals surface area contributed by atoms with Crippen molar-refractivity contribution in [2.45, 2.75) is 64.5 Å². The fourth-order valence-corrected chi connectivity index (χ4v) is 4.16. The topological polar surface area (TPSA) is 38.1 Å². The van der Waals surface area contributed by atoms with Crippen LogP contribution in [0.2, 0.25) is 0 Å². The molecule has 1 saturated heterocycles. The summed E-state index contributed by atoms with van der Waals surface area (Å²) in [7, 11) is 0. The van der Waals surface area contributed by atoms with Crippen molar-refractivity contribution in [1.29, 1.82) is 0 Å². The van der Waals surface area contributed by atoms with E-state index in [1.54, 1.807) is 12.1 Å². The monoisotopic (exact) mass is 369 g/mol. The van der Waals surface area contributed by atoms with Crippen molar-refractivity contribution in [3.05, 3.63) is 53.4 Å². The minimum Gasteiger partial charge on any atom is -0.339 e. The molecule has 144 valence electrons. The summed E-state index contributed by atoms with van der Waals surface area (Å²) >= 11 is 0. The van der Waals surface area contributed by atoms with Crippen LogP contribution in [0.3, 0.4) is 0 Å². The Hall–Kier alpha value is -2.17. The van der Waals surface area contributed by atoms with Gasteiger partial charge in [-0.1, -0.05) is 12.1 Å². The van der Waals surface area contributed by atoms with E-state index in [4.69, 9.17) is 0 Å². The number of aromatic nitrogens is 2. The van der Waals surface area contributed by atoms with Crippen molar-refractivity contribution < 1.29 is 9.18 Å². The molecule has 2 aliphatic rings. The number of nitrogens with zero attached hydrogens (tertiary/aromatic N) is 3. The van der Waals surface area contributed by atoms with Crippen LogP contribution in [-0.4, -0.2) is 32.9 Å². The van der Waals surface area contributed by atoms with Crippen LogP contribution in [0.25, 0.3) is 0 Å². The lowest BCUT2D eigenvalue weighted by molar-refractivity contribution is -0.131. The molecule has 1 aliphatic heterocycles. The highest BCUT2D eigenvalue weighted by Gasteiger charge is 2.29. The lowest BCUT2D eigenvalue weighted by Gasteiger charge is -2.25. The number of carbonyl (C=O) groups excluding carboxylic acids is 1. The first-order valence-electron chi connectivity index (χ1n) is 10.1. The Balaban J connectivity index is 1.35. The Kier molecular flexibility index (Phi) is 5.28. The van der Waals surface area contributed by atoms with Gasteiger partial charge < -0.3 is 9.47 Å². The Bertz CT molecular complexity index is 794. The molecule has 1 unspecified atom stereocenters. The molecule has 0 N–H and O–H groups in total. The predicted molar refractivity (Wildman–Crippen MR) is 103 cm³/mol. The van der Waals surface area contributed by atoms with E-state index in [9.17, 15) is 9.18 Å². The first-order valence-corrected chi connectivity index (χ1v) is 10.1. The fourth-order valence-electron chi connectivity index (χ4n) is 4.16. The average Bonchev–Trinajstić information content (AvgIpc) is 3.24. The zero-order valence-electron chi connectivity index (χ0n) is 16.0. The molecule has 0 spiro atoms. The molecule has 27 heavy (non-hydrogen) atoms. The molecule has 1 aromatic heterocycles. The van der Waals surface area contributed by atoms with Gasteiger partial charge in [-0.2, -0.15) is 0 Å². The normalized spacial score (nSPS) is 19.6. The van der Waals surface area contributed by atoms with Crippen LogP contribution in [0.4, 0.5) is 4.39 Å². The molecular formula is C22H28FN3O. The Morgan fingerprint density at radius 2 is 2.00 bits per heavy atom. The molecule has 2 heterocycles. The second-order valence-corrected chi connectivity index (χ2v) is 8.09. The van der Waals surface area contributed by atoms with Crippen molar-refractivity contribution in [2.24, 2.45) is 5.92 Å². The van der Waals surface area contributed by atoms with Gasteiger partial charge in [-0.25, -0.2) is 9.37 Å². The number of imidazole rings is 1. The van der Waals surface area contributed by atoms with Crippen LogP contribution < -0.4 is 0 Å². The third-order valence-corrected chi connectivity index (χ3v) is 5.94. The van der Waals surface area contributed by atoms with Crippen molar-refractivity contribution in [1.82, 2.24) is 14.5 Å². The molecule has 1 aliphatic carbocycles. The Morgan fingerprint density at radius 1 is 1.22 bits per heavy atom. The molecular weight excluding hydrogens is 341 g/mol. The van der Waals surface area contributed by atoms with E-state index >= 15 is 0 Å². The summed E-state index contributed by atoms with van der Waals surface area (Å²) in [5.41, 5.74) is 2.12. The number of hydrogen-bond donors (Lipinski definition) is 0. The van der Waals surface area contributed by atoms with E-state index in [1.807, 2.05) is 11.1 Å². The van der Waals surface area contributed by atoms with Crippen LogP contribution in [0.15, 0.2) is 30.5 Å². The van der Waals surface area contributed by atoms with Gasteiger partial charge in [0.25, 0.3) is 0 Å². The van der Waals surface area contributed by atoms with Crippen molar-refractivity contribution in [2.75, 3.05) is 6.54 Å². The molecule has 0 radical (unpaired) electrons. The third kappa shape index (κ3) is 4.40. The van der Waals surface area contributed by atoms with Gasteiger partial charge in [-0.15, -0.1) is 0 Å². The third-order valence-electron chi connectivity index (χ3n) is 5.94. The van der Waals surface area contributed by atoms with Crippen molar-refractivity contribution in [3.8, 4) is 0 Å². The summed E-state index contributed by atoms with van der Waals surface area (Å²) in [6, 6.07) is 6.55. The summed E-state index contributed by atoms with van der Waals surface area (Å²) in [6.07, 6.45) is 9.03. The number of hydrogen-bond acceptors (Lipinski definition) is 2. The van der Waals surface area contributed by atoms with E-state index in [2.05, 4.69) is 16.5 Å². The second kappa shape index (κ2) is 7.83. The molecule has 0 bridgehead atoms. The first-order chi connectivity index (χ1) is 13.1. The van der Waals surface area contributed by atoms with Gasteiger partial charge in [-0.05, 0) is 62.6 Å². The van der Waals surface area contributed by atoms with Gasteiger partial charge in [0.05, 0.1) is 6.42 Å². The highest BCUT2D eigenvalue weighted by Crippen LogP contribution is 2.32.